The number of nitrogens with two attached hydrogens (primary N) is 1. The standard InChI is InChI=1S/C10H9N.CHF3O3S/c11-10-7-3-5-8-4-1-2-6-9(8)10;2-1(3,4)8(5,6)7/h1-7H,11H2;(H,5,6,7). The van der Waals surface area contributed by atoms with Gasteiger partial charge in [0.2, 0.25) is 0 Å². The minimum atomic E-state index is -5.84. The first kappa shape index (κ1) is 15.3. The van der Waals surface area contributed by atoms with Gasteiger partial charge in [0.1, 0.15) is 0 Å². The molecule has 0 spiro atoms. The van der Waals surface area contributed by atoms with Crippen LogP contribution in [0.2, 0.25) is 0 Å². The molecule has 0 amide bonds. The van der Waals surface area contributed by atoms with E-state index in [2.05, 4.69) is 12.1 Å². The average Bonchev–Trinajstić information content (AvgIpc) is 2.28. The van der Waals surface area contributed by atoms with Crippen LogP contribution in [0.5, 0.6) is 0 Å². The van der Waals surface area contributed by atoms with E-state index in [1.54, 1.807) is 0 Å². The molecule has 0 saturated carbocycles. The van der Waals surface area contributed by atoms with E-state index in [9.17, 15) is 13.2 Å². The highest BCUT2D eigenvalue weighted by Gasteiger charge is 2.44. The fraction of sp³-hybridized carbons (Fsp3) is 0.0909. The fourth-order valence-corrected chi connectivity index (χ4v) is 1.25. The molecule has 2 aromatic carbocycles. The maximum atomic E-state index is 10.7. The van der Waals surface area contributed by atoms with Gasteiger partial charge in [-0.25, -0.2) is 0 Å². The number of benzene rings is 2. The molecule has 0 fully saturated rings. The summed E-state index contributed by atoms with van der Waals surface area (Å²) in [5, 5.41) is 2.34. The first-order chi connectivity index (χ1) is 8.63. The predicted molar refractivity (Wildman–Crippen MR) is 66.0 cm³/mol. The van der Waals surface area contributed by atoms with Crippen LogP contribution in [-0.4, -0.2) is 18.5 Å². The Morgan fingerprint density at radius 3 is 1.95 bits per heavy atom. The molecule has 0 unspecified atom stereocenters. The number of fused-ring (bicyclic) bond motifs is 1. The molecule has 0 saturated heterocycles. The summed E-state index contributed by atoms with van der Waals surface area (Å²) in [5.41, 5.74) is 1.07. The third kappa shape index (κ3) is 4.11. The van der Waals surface area contributed by atoms with Crippen LogP contribution in [0.3, 0.4) is 0 Å². The second-order valence-electron chi connectivity index (χ2n) is 3.49. The van der Waals surface area contributed by atoms with Crippen molar-refractivity contribution >= 4 is 26.6 Å². The van der Waals surface area contributed by atoms with Gasteiger partial charge in [0.15, 0.2) is 0 Å². The van der Waals surface area contributed by atoms with Gasteiger partial charge in [-0.1, -0.05) is 36.4 Å². The van der Waals surface area contributed by atoms with E-state index in [-0.39, 0.29) is 0 Å². The summed E-state index contributed by atoms with van der Waals surface area (Å²) in [4.78, 5) is 0. The van der Waals surface area contributed by atoms with Gasteiger partial charge in [-0.2, -0.15) is 21.6 Å². The third-order valence-corrected chi connectivity index (χ3v) is 2.70. The zero-order valence-electron chi connectivity index (χ0n) is 9.42. The van der Waals surface area contributed by atoms with E-state index in [4.69, 9.17) is 18.7 Å². The third-order valence-electron chi connectivity index (χ3n) is 2.12. The van der Waals surface area contributed by atoms with Crippen molar-refractivity contribution in [2.75, 3.05) is 5.73 Å². The molecule has 8 heteroatoms. The van der Waals surface area contributed by atoms with Gasteiger partial charge in [-0.05, 0) is 11.5 Å². The van der Waals surface area contributed by atoms with Crippen molar-refractivity contribution in [2.45, 2.75) is 5.51 Å². The zero-order valence-corrected chi connectivity index (χ0v) is 10.2. The van der Waals surface area contributed by atoms with Crippen molar-refractivity contribution in [1.29, 1.82) is 0 Å². The van der Waals surface area contributed by atoms with Gasteiger partial charge >= 0.3 is 15.6 Å². The molecule has 3 N–H and O–H groups in total. The van der Waals surface area contributed by atoms with Crippen LogP contribution in [0.1, 0.15) is 0 Å². The lowest BCUT2D eigenvalue weighted by molar-refractivity contribution is -0.0510. The molecule has 4 nitrogen and oxygen atoms in total. The Morgan fingerprint density at radius 2 is 1.47 bits per heavy atom. The number of hydrogen-bond donors (Lipinski definition) is 2. The zero-order chi connectivity index (χ0) is 14.7. The van der Waals surface area contributed by atoms with E-state index in [1.165, 1.54) is 5.39 Å². The van der Waals surface area contributed by atoms with Gasteiger partial charge in [0.05, 0.1) is 0 Å². The first-order valence-electron chi connectivity index (χ1n) is 4.90. The Bertz CT molecular complexity index is 663. The molecule has 0 aromatic heterocycles. The largest absolute Gasteiger partial charge is 0.522 e. The molecule has 0 aliphatic carbocycles. The number of nitrogen functional groups attached to an aromatic ring is 1. The van der Waals surface area contributed by atoms with Crippen LogP contribution in [0, 0.1) is 0 Å². The highest BCUT2D eigenvalue weighted by atomic mass is 32.2. The van der Waals surface area contributed by atoms with Crippen LogP contribution in [0.15, 0.2) is 42.5 Å². The van der Waals surface area contributed by atoms with Gasteiger partial charge < -0.3 is 5.73 Å². The van der Waals surface area contributed by atoms with Crippen molar-refractivity contribution in [1.82, 2.24) is 0 Å². The molecule has 104 valence electrons. The Balaban J connectivity index is 0.000000203. The molecule has 2 rings (SSSR count). The highest BCUT2D eigenvalue weighted by molar-refractivity contribution is 7.86. The quantitative estimate of drug-likeness (QED) is 0.444. The molecule has 2 aromatic rings. The number of halogens is 3. The average molecular weight is 293 g/mol. The highest BCUT2D eigenvalue weighted by Crippen LogP contribution is 2.20. The number of alkyl halides is 3. The maximum absolute atomic E-state index is 10.7. The van der Waals surface area contributed by atoms with E-state index in [1.807, 2.05) is 30.3 Å². The molecule has 0 atom stereocenters. The molecule has 0 aliphatic rings. The molecular formula is C11H10F3NO3S. The van der Waals surface area contributed by atoms with Crippen molar-refractivity contribution in [3.05, 3.63) is 42.5 Å². The van der Waals surface area contributed by atoms with Crippen molar-refractivity contribution in [3.8, 4) is 0 Å². The number of hydrogen-bond acceptors (Lipinski definition) is 3. The van der Waals surface area contributed by atoms with E-state index in [0.717, 1.165) is 11.1 Å². The fourth-order valence-electron chi connectivity index (χ4n) is 1.25. The number of rotatable bonds is 0. The Hall–Kier alpha value is -1.80. The van der Waals surface area contributed by atoms with Gasteiger partial charge in [0.25, 0.3) is 0 Å². The Morgan fingerprint density at radius 1 is 1.00 bits per heavy atom. The second-order valence-corrected chi connectivity index (χ2v) is 4.90. The number of anilines is 1. The topological polar surface area (TPSA) is 80.4 Å². The van der Waals surface area contributed by atoms with E-state index in [0.29, 0.717) is 0 Å². The Labute approximate surface area is 107 Å². The minimum Gasteiger partial charge on any atom is -0.398 e. The Kier molecular flexibility index (Phi) is 4.38. The first-order valence-corrected chi connectivity index (χ1v) is 6.34. The van der Waals surface area contributed by atoms with Crippen LogP contribution < -0.4 is 5.73 Å². The van der Waals surface area contributed by atoms with Gasteiger partial charge in [0, 0.05) is 11.1 Å². The minimum absolute atomic E-state index is 0.850. The lowest BCUT2D eigenvalue weighted by Gasteiger charge is -1.98. The van der Waals surface area contributed by atoms with Crippen molar-refractivity contribution in [3.63, 3.8) is 0 Å². The van der Waals surface area contributed by atoms with Gasteiger partial charge in [-0.3, -0.25) is 4.55 Å². The lowest BCUT2D eigenvalue weighted by Crippen LogP contribution is -2.21. The van der Waals surface area contributed by atoms with Gasteiger partial charge in [-0.15, -0.1) is 0 Å². The summed E-state index contributed by atoms with van der Waals surface area (Å²) in [6.45, 7) is 0. The molecule has 19 heavy (non-hydrogen) atoms. The molecule has 0 aliphatic heterocycles. The predicted octanol–water partition coefficient (Wildman–Crippen LogP) is 2.82. The summed E-state index contributed by atoms with van der Waals surface area (Å²) in [6.07, 6.45) is 0. The van der Waals surface area contributed by atoms with Crippen molar-refractivity contribution < 1.29 is 26.1 Å². The molecule has 0 bridgehead atoms. The van der Waals surface area contributed by atoms with Crippen LogP contribution in [0.4, 0.5) is 18.9 Å². The maximum Gasteiger partial charge on any atom is 0.522 e. The van der Waals surface area contributed by atoms with Crippen molar-refractivity contribution in [2.24, 2.45) is 0 Å². The SMILES string of the molecule is Nc1cccc2ccccc12.O=S(=O)(O)C(F)(F)F. The van der Waals surface area contributed by atoms with E-state index >= 15 is 0 Å². The summed E-state index contributed by atoms with van der Waals surface area (Å²) >= 11 is 0. The normalized spacial score (nSPS) is 11.8. The summed E-state index contributed by atoms with van der Waals surface area (Å²) in [6, 6.07) is 14.1. The van der Waals surface area contributed by atoms with Crippen LogP contribution >= 0.6 is 0 Å². The molecular weight excluding hydrogens is 283 g/mol. The van der Waals surface area contributed by atoms with Crippen LogP contribution in [0.25, 0.3) is 10.8 Å². The second kappa shape index (κ2) is 5.45. The monoisotopic (exact) mass is 293 g/mol. The smallest absolute Gasteiger partial charge is 0.398 e. The summed E-state index contributed by atoms with van der Waals surface area (Å²) in [5.74, 6) is 0. The van der Waals surface area contributed by atoms with Crippen LogP contribution in [-0.2, 0) is 10.1 Å². The summed E-state index contributed by atoms with van der Waals surface area (Å²) < 4.78 is 57.5. The molecule has 0 radical (unpaired) electrons. The van der Waals surface area contributed by atoms with E-state index < -0.39 is 15.6 Å². The molecule has 0 heterocycles. The summed E-state index contributed by atoms with van der Waals surface area (Å²) in [7, 11) is -5.84. The lowest BCUT2D eigenvalue weighted by atomic mass is 10.1.